The number of anilines is 2. The van der Waals surface area contributed by atoms with Crippen LogP contribution in [0.5, 0.6) is 5.75 Å². The summed E-state index contributed by atoms with van der Waals surface area (Å²) in [7, 11) is 0. The second-order valence-electron chi connectivity index (χ2n) is 4.68. The first-order valence-corrected chi connectivity index (χ1v) is 6.30. The van der Waals surface area contributed by atoms with Crippen molar-refractivity contribution >= 4 is 11.4 Å². The van der Waals surface area contributed by atoms with Crippen LogP contribution in [0.15, 0.2) is 18.2 Å². The fourth-order valence-corrected chi connectivity index (χ4v) is 2.20. The molecule has 0 spiro atoms. The smallest absolute Gasteiger partial charge is 0.422 e. The van der Waals surface area contributed by atoms with Gasteiger partial charge >= 0.3 is 6.18 Å². The molecule has 0 atom stereocenters. The summed E-state index contributed by atoms with van der Waals surface area (Å²) in [6.45, 7) is 0.385. The molecule has 0 saturated carbocycles. The maximum absolute atomic E-state index is 12.2. The lowest BCUT2D eigenvalue weighted by Crippen LogP contribution is -2.30. The normalized spacial score (nSPS) is 16.5. The molecular weight excluding hydrogens is 257 g/mol. The molecule has 0 aromatic heterocycles. The Morgan fingerprint density at radius 3 is 2.47 bits per heavy atom. The van der Waals surface area contributed by atoms with E-state index >= 15 is 0 Å². The molecule has 1 saturated heterocycles. The number of rotatable bonds is 3. The summed E-state index contributed by atoms with van der Waals surface area (Å²) < 4.78 is 41.6. The average molecular weight is 274 g/mol. The van der Waals surface area contributed by atoms with Crippen LogP contribution in [-0.4, -0.2) is 25.9 Å². The number of nitrogens with zero attached hydrogens (tertiary/aromatic N) is 1. The zero-order valence-corrected chi connectivity index (χ0v) is 10.5. The van der Waals surface area contributed by atoms with Gasteiger partial charge in [0.05, 0.1) is 5.69 Å². The monoisotopic (exact) mass is 274 g/mol. The van der Waals surface area contributed by atoms with Gasteiger partial charge in [0.15, 0.2) is 6.61 Å². The molecule has 1 heterocycles. The number of hydrogen-bond acceptors (Lipinski definition) is 3. The first kappa shape index (κ1) is 13.8. The topological polar surface area (TPSA) is 38.5 Å². The number of nitrogen functional groups attached to an aromatic ring is 1. The van der Waals surface area contributed by atoms with Gasteiger partial charge in [-0.1, -0.05) is 0 Å². The van der Waals surface area contributed by atoms with Crippen molar-refractivity contribution in [2.24, 2.45) is 0 Å². The first-order valence-electron chi connectivity index (χ1n) is 6.30. The third kappa shape index (κ3) is 3.94. The zero-order chi connectivity index (χ0) is 13.9. The highest BCUT2D eigenvalue weighted by Crippen LogP contribution is 2.33. The molecule has 0 bridgehead atoms. The molecule has 1 aliphatic rings. The molecule has 3 nitrogen and oxygen atoms in total. The van der Waals surface area contributed by atoms with Crippen LogP contribution in [0.3, 0.4) is 0 Å². The molecule has 0 aliphatic carbocycles. The van der Waals surface area contributed by atoms with Crippen LogP contribution in [0.4, 0.5) is 24.5 Å². The highest BCUT2D eigenvalue weighted by molar-refractivity contribution is 5.64. The van der Waals surface area contributed by atoms with E-state index in [0.29, 0.717) is 11.4 Å². The van der Waals surface area contributed by atoms with Gasteiger partial charge in [-0.2, -0.15) is 13.2 Å². The summed E-state index contributed by atoms with van der Waals surface area (Å²) in [5, 5.41) is 0. The number of halogens is 3. The Hall–Kier alpha value is -1.59. The summed E-state index contributed by atoms with van der Waals surface area (Å²) in [5.74, 6) is 0.208. The van der Waals surface area contributed by atoms with Gasteiger partial charge in [0.2, 0.25) is 0 Å². The summed E-state index contributed by atoms with van der Waals surface area (Å²) in [6, 6.07) is 4.87. The number of nitrogens with two attached hydrogens (primary N) is 1. The van der Waals surface area contributed by atoms with Crippen LogP contribution in [0, 0.1) is 0 Å². The molecule has 0 amide bonds. The van der Waals surface area contributed by atoms with Crippen LogP contribution in [0.25, 0.3) is 0 Å². The number of alkyl halides is 3. The average Bonchev–Trinajstić information content (AvgIpc) is 2.37. The minimum absolute atomic E-state index is 0.208. The molecule has 2 rings (SSSR count). The van der Waals surface area contributed by atoms with Crippen molar-refractivity contribution in [3.8, 4) is 5.75 Å². The van der Waals surface area contributed by atoms with Gasteiger partial charge in [-0.25, -0.2) is 0 Å². The van der Waals surface area contributed by atoms with Gasteiger partial charge in [0.1, 0.15) is 5.75 Å². The van der Waals surface area contributed by atoms with Gasteiger partial charge in [0.25, 0.3) is 0 Å². The maximum atomic E-state index is 12.2. The SMILES string of the molecule is Nc1ccc(N2CCCCC2)c(OCC(F)(F)F)c1. The molecule has 1 aromatic carbocycles. The van der Waals surface area contributed by atoms with Crippen molar-refractivity contribution in [1.29, 1.82) is 0 Å². The predicted molar refractivity (Wildman–Crippen MR) is 68.5 cm³/mol. The van der Waals surface area contributed by atoms with Crippen LogP contribution in [0.1, 0.15) is 19.3 Å². The second kappa shape index (κ2) is 5.59. The Bertz CT molecular complexity index is 428. The van der Waals surface area contributed by atoms with Crippen molar-refractivity contribution in [3.63, 3.8) is 0 Å². The second-order valence-corrected chi connectivity index (χ2v) is 4.68. The quantitative estimate of drug-likeness (QED) is 0.860. The molecule has 106 valence electrons. The summed E-state index contributed by atoms with van der Waals surface area (Å²) in [6.07, 6.45) is -1.10. The Morgan fingerprint density at radius 2 is 1.84 bits per heavy atom. The number of hydrogen-bond donors (Lipinski definition) is 1. The number of ether oxygens (including phenoxy) is 1. The molecule has 2 N–H and O–H groups in total. The highest BCUT2D eigenvalue weighted by Gasteiger charge is 2.29. The third-order valence-electron chi connectivity index (χ3n) is 3.07. The van der Waals surface area contributed by atoms with Gasteiger partial charge < -0.3 is 15.4 Å². The van der Waals surface area contributed by atoms with E-state index in [1.54, 1.807) is 12.1 Å². The molecule has 6 heteroatoms. The fraction of sp³-hybridized carbons (Fsp3) is 0.538. The Kier molecular flexibility index (Phi) is 4.07. The van der Waals surface area contributed by atoms with E-state index in [-0.39, 0.29) is 5.75 Å². The minimum Gasteiger partial charge on any atom is -0.482 e. The van der Waals surface area contributed by atoms with Gasteiger partial charge in [-0.05, 0) is 31.4 Å². The van der Waals surface area contributed by atoms with Gasteiger partial charge in [-0.3, -0.25) is 0 Å². The van der Waals surface area contributed by atoms with E-state index < -0.39 is 12.8 Å². The lowest BCUT2D eigenvalue weighted by atomic mass is 10.1. The number of piperidine rings is 1. The molecule has 0 unspecified atom stereocenters. The summed E-state index contributed by atoms with van der Waals surface area (Å²) in [5.41, 5.74) is 6.71. The van der Waals surface area contributed by atoms with E-state index in [2.05, 4.69) is 4.90 Å². The van der Waals surface area contributed by atoms with E-state index in [4.69, 9.17) is 10.5 Å². The van der Waals surface area contributed by atoms with Crippen LogP contribution in [0.2, 0.25) is 0 Å². The Morgan fingerprint density at radius 1 is 1.16 bits per heavy atom. The van der Waals surface area contributed by atoms with Crippen molar-refractivity contribution in [2.75, 3.05) is 30.3 Å². The zero-order valence-electron chi connectivity index (χ0n) is 10.5. The van der Waals surface area contributed by atoms with Gasteiger partial charge in [-0.15, -0.1) is 0 Å². The molecule has 0 radical (unpaired) electrons. The van der Waals surface area contributed by atoms with Crippen molar-refractivity contribution in [2.45, 2.75) is 25.4 Å². The molecule has 1 aromatic rings. The van der Waals surface area contributed by atoms with Crippen molar-refractivity contribution < 1.29 is 17.9 Å². The van der Waals surface area contributed by atoms with E-state index in [0.717, 1.165) is 32.4 Å². The first-order chi connectivity index (χ1) is 8.96. The standard InChI is InChI=1S/C13H17F3N2O/c14-13(15,16)9-19-12-8-10(17)4-5-11(12)18-6-2-1-3-7-18/h4-5,8H,1-3,6-7,9,17H2. The summed E-state index contributed by atoms with van der Waals surface area (Å²) in [4.78, 5) is 2.05. The highest BCUT2D eigenvalue weighted by atomic mass is 19.4. The van der Waals surface area contributed by atoms with Crippen LogP contribution in [-0.2, 0) is 0 Å². The van der Waals surface area contributed by atoms with Crippen LogP contribution < -0.4 is 15.4 Å². The molecule has 1 fully saturated rings. The van der Waals surface area contributed by atoms with Crippen molar-refractivity contribution in [1.82, 2.24) is 0 Å². The van der Waals surface area contributed by atoms with E-state index in [1.165, 1.54) is 6.07 Å². The van der Waals surface area contributed by atoms with E-state index in [1.807, 2.05) is 0 Å². The lowest BCUT2D eigenvalue weighted by Gasteiger charge is -2.30. The molecule has 1 aliphatic heterocycles. The van der Waals surface area contributed by atoms with Crippen LogP contribution >= 0.6 is 0 Å². The third-order valence-corrected chi connectivity index (χ3v) is 3.07. The fourth-order valence-electron chi connectivity index (χ4n) is 2.20. The maximum Gasteiger partial charge on any atom is 0.422 e. The summed E-state index contributed by atoms with van der Waals surface area (Å²) >= 11 is 0. The number of benzene rings is 1. The van der Waals surface area contributed by atoms with E-state index in [9.17, 15) is 13.2 Å². The van der Waals surface area contributed by atoms with Crippen molar-refractivity contribution in [3.05, 3.63) is 18.2 Å². The predicted octanol–water partition coefficient (Wildman–Crippen LogP) is 3.20. The molecular formula is C13H17F3N2O. The molecule has 19 heavy (non-hydrogen) atoms. The largest absolute Gasteiger partial charge is 0.482 e. The Labute approximate surface area is 110 Å². The Balaban J connectivity index is 2.17. The van der Waals surface area contributed by atoms with Gasteiger partial charge in [0, 0.05) is 24.8 Å². The minimum atomic E-state index is -4.34. The lowest BCUT2D eigenvalue weighted by molar-refractivity contribution is -0.153.